The van der Waals surface area contributed by atoms with Gasteiger partial charge in [-0.3, -0.25) is 4.79 Å². The summed E-state index contributed by atoms with van der Waals surface area (Å²) in [7, 11) is 1.65. The van der Waals surface area contributed by atoms with Gasteiger partial charge in [0.15, 0.2) is 5.82 Å². The Morgan fingerprint density at radius 1 is 1.07 bits per heavy atom. The highest BCUT2D eigenvalue weighted by molar-refractivity contribution is 7.20. The fourth-order valence-corrected chi connectivity index (χ4v) is 4.85. The lowest BCUT2D eigenvalue weighted by Crippen LogP contribution is -2.35. The van der Waals surface area contributed by atoms with Gasteiger partial charge in [-0.15, -0.1) is 11.3 Å². The van der Waals surface area contributed by atoms with Crippen LogP contribution in [0.3, 0.4) is 0 Å². The topological polar surface area (TPSA) is 55.3 Å². The minimum Gasteiger partial charge on any atom is -0.497 e. The highest BCUT2D eigenvalue weighted by Crippen LogP contribution is 2.34. The number of rotatable bonds is 3. The summed E-state index contributed by atoms with van der Waals surface area (Å²) in [6, 6.07) is 7.73. The quantitative estimate of drug-likeness (QED) is 0.665. The third-order valence-corrected chi connectivity index (χ3v) is 6.33. The number of hydrogen-bond acceptors (Lipinski definition) is 5. The number of carbonyl (C=O) groups excluding carboxylic acids is 1. The van der Waals surface area contributed by atoms with E-state index in [0.717, 1.165) is 63.6 Å². The van der Waals surface area contributed by atoms with Gasteiger partial charge in [-0.05, 0) is 62.9 Å². The van der Waals surface area contributed by atoms with Crippen LogP contribution in [0.2, 0.25) is 0 Å². The second-order valence-electron chi connectivity index (χ2n) is 6.95. The van der Waals surface area contributed by atoms with Gasteiger partial charge in [0, 0.05) is 24.0 Å². The lowest BCUT2D eigenvalue weighted by Gasteiger charge is -2.26. The normalized spacial score (nSPS) is 14.6. The summed E-state index contributed by atoms with van der Waals surface area (Å²) in [4.78, 5) is 26.1. The summed E-state index contributed by atoms with van der Waals surface area (Å²) < 4.78 is 5.22. The molecular formula is C21H23N3O2S. The zero-order valence-corrected chi connectivity index (χ0v) is 16.7. The highest BCUT2D eigenvalue weighted by Gasteiger charge is 2.24. The van der Waals surface area contributed by atoms with Gasteiger partial charge in [0.05, 0.1) is 17.7 Å². The molecule has 0 unspecified atom stereocenters. The third kappa shape index (κ3) is 3.30. The molecule has 0 radical (unpaired) electrons. The number of thiophene rings is 1. The summed E-state index contributed by atoms with van der Waals surface area (Å²) in [6.45, 7) is 5.72. The van der Waals surface area contributed by atoms with Crippen molar-refractivity contribution in [2.45, 2.75) is 33.1 Å². The van der Waals surface area contributed by atoms with Crippen LogP contribution in [-0.4, -0.2) is 41.0 Å². The van der Waals surface area contributed by atoms with Gasteiger partial charge in [-0.25, -0.2) is 9.97 Å². The summed E-state index contributed by atoms with van der Waals surface area (Å²) in [5.41, 5.74) is 2.86. The smallest absolute Gasteiger partial charge is 0.264 e. The Balaban J connectivity index is 1.75. The second-order valence-corrected chi connectivity index (χ2v) is 7.95. The molecule has 1 aliphatic rings. The van der Waals surface area contributed by atoms with Gasteiger partial charge < -0.3 is 9.64 Å². The molecule has 0 aliphatic carbocycles. The van der Waals surface area contributed by atoms with E-state index in [1.165, 1.54) is 17.8 Å². The first-order chi connectivity index (χ1) is 13.1. The number of hydrogen-bond donors (Lipinski definition) is 0. The van der Waals surface area contributed by atoms with Crippen molar-refractivity contribution in [3.63, 3.8) is 0 Å². The van der Waals surface area contributed by atoms with E-state index < -0.39 is 0 Å². The molecule has 4 rings (SSSR count). The fourth-order valence-electron chi connectivity index (χ4n) is 3.65. The van der Waals surface area contributed by atoms with E-state index in [1.807, 2.05) is 43.0 Å². The molecular weight excluding hydrogens is 358 g/mol. The number of amides is 1. The Bertz CT molecular complexity index is 989. The van der Waals surface area contributed by atoms with Crippen molar-refractivity contribution in [3.8, 4) is 17.1 Å². The van der Waals surface area contributed by atoms with Crippen LogP contribution in [0.15, 0.2) is 24.3 Å². The van der Waals surface area contributed by atoms with E-state index >= 15 is 0 Å². The molecule has 2 aromatic heterocycles. The maximum absolute atomic E-state index is 13.0. The minimum absolute atomic E-state index is 0.139. The maximum Gasteiger partial charge on any atom is 0.264 e. The summed E-state index contributed by atoms with van der Waals surface area (Å²) in [5.74, 6) is 1.62. The van der Waals surface area contributed by atoms with E-state index in [4.69, 9.17) is 14.7 Å². The van der Waals surface area contributed by atoms with E-state index in [9.17, 15) is 4.79 Å². The van der Waals surface area contributed by atoms with Gasteiger partial charge in [0.1, 0.15) is 10.6 Å². The van der Waals surface area contributed by atoms with E-state index in [2.05, 4.69) is 0 Å². The zero-order chi connectivity index (χ0) is 19.0. The van der Waals surface area contributed by atoms with Crippen molar-refractivity contribution >= 4 is 27.5 Å². The van der Waals surface area contributed by atoms with Crippen LogP contribution in [0.1, 0.15) is 40.2 Å². The van der Waals surface area contributed by atoms with Crippen LogP contribution in [0.5, 0.6) is 5.75 Å². The van der Waals surface area contributed by atoms with E-state index in [0.29, 0.717) is 5.82 Å². The van der Waals surface area contributed by atoms with Gasteiger partial charge in [0.2, 0.25) is 0 Å². The van der Waals surface area contributed by atoms with Crippen molar-refractivity contribution in [1.29, 1.82) is 0 Å². The van der Waals surface area contributed by atoms with Crippen LogP contribution in [0.25, 0.3) is 21.6 Å². The van der Waals surface area contributed by atoms with Crippen molar-refractivity contribution in [2.75, 3.05) is 20.2 Å². The molecule has 3 aromatic rings. The maximum atomic E-state index is 13.0. The first-order valence-corrected chi connectivity index (χ1v) is 10.1. The predicted molar refractivity (Wildman–Crippen MR) is 109 cm³/mol. The average molecular weight is 382 g/mol. The van der Waals surface area contributed by atoms with Gasteiger partial charge in [0.25, 0.3) is 5.91 Å². The third-order valence-electron chi connectivity index (χ3n) is 5.16. The number of ether oxygens (including phenoxy) is 1. The Kier molecular flexibility index (Phi) is 4.83. The van der Waals surface area contributed by atoms with E-state index in [1.54, 1.807) is 7.11 Å². The molecule has 3 heterocycles. The predicted octanol–water partition coefficient (Wildman–Crippen LogP) is 4.61. The van der Waals surface area contributed by atoms with Crippen molar-refractivity contribution in [2.24, 2.45) is 0 Å². The molecule has 1 aliphatic heterocycles. The second kappa shape index (κ2) is 7.27. The van der Waals surface area contributed by atoms with Gasteiger partial charge in [-0.1, -0.05) is 0 Å². The largest absolute Gasteiger partial charge is 0.497 e. The van der Waals surface area contributed by atoms with Crippen LogP contribution in [0.4, 0.5) is 0 Å². The molecule has 0 bridgehead atoms. The molecule has 1 aromatic carbocycles. The number of carbonyl (C=O) groups is 1. The lowest BCUT2D eigenvalue weighted by molar-refractivity contribution is 0.0728. The number of benzene rings is 1. The molecule has 6 heteroatoms. The first-order valence-electron chi connectivity index (χ1n) is 9.30. The first kappa shape index (κ1) is 17.9. The summed E-state index contributed by atoms with van der Waals surface area (Å²) in [5, 5.41) is 1.01. The van der Waals surface area contributed by atoms with Crippen molar-refractivity contribution < 1.29 is 9.53 Å². The number of aromatic nitrogens is 2. The summed E-state index contributed by atoms with van der Waals surface area (Å²) in [6.07, 6.45) is 3.40. The molecule has 27 heavy (non-hydrogen) atoms. The summed E-state index contributed by atoms with van der Waals surface area (Å²) >= 11 is 1.49. The molecule has 0 atom stereocenters. The molecule has 1 fully saturated rings. The molecule has 1 amide bonds. The number of likely N-dealkylation sites (tertiary alicyclic amines) is 1. The van der Waals surface area contributed by atoms with Crippen LogP contribution in [-0.2, 0) is 0 Å². The number of nitrogens with zero attached hydrogens (tertiary/aromatic N) is 3. The lowest BCUT2D eigenvalue weighted by atomic mass is 10.1. The van der Waals surface area contributed by atoms with Crippen LogP contribution in [0, 0.1) is 13.8 Å². The molecule has 5 nitrogen and oxygen atoms in total. The van der Waals surface area contributed by atoms with Gasteiger partial charge >= 0.3 is 0 Å². The fraction of sp³-hybridized carbons (Fsp3) is 0.381. The Hall–Kier alpha value is -2.47. The Morgan fingerprint density at radius 3 is 2.44 bits per heavy atom. The monoisotopic (exact) mass is 381 g/mol. The number of methoxy groups -OCH3 is 1. The number of fused-ring (bicyclic) bond motifs is 1. The standard InChI is InChI=1S/C21H23N3O2S/c1-13-17-14(2)22-19(15-7-9-16(26-3)10-8-15)23-20(17)27-18(13)21(25)24-11-5-4-6-12-24/h7-10H,4-6,11-12H2,1-3H3. The van der Waals surface area contributed by atoms with Crippen LogP contribution >= 0.6 is 11.3 Å². The zero-order valence-electron chi connectivity index (χ0n) is 15.9. The van der Waals surface area contributed by atoms with Crippen molar-refractivity contribution in [3.05, 3.63) is 40.4 Å². The molecule has 0 N–H and O–H groups in total. The van der Waals surface area contributed by atoms with E-state index in [-0.39, 0.29) is 5.91 Å². The molecule has 0 saturated carbocycles. The minimum atomic E-state index is 0.139. The van der Waals surface area contributed by atoms with Crippen LogP contribution < -0.4 is 4.74 Å². The SMILES string of the molecule is COc1ccc(-c2nc(C)c3c(C)c(C(=O)N4CCCCC4)sc3n2)cc1. The van der Waals surface area contributed by atoms with Crippen molar-refractivity contribution in [1.82, 2.24) is 14.9 Å². The van der Waals surface area contributed by atoms with Gasteiger partial charge in [-0.2, -0.15) is 0 Å². The molecule has 0 spiro atoms. The molecule has 140 valence electrons. The molecule has 1 saturated heterocycles. The Labute approximate surface area is 163 Å². The number of piperidine rings is 1. The Morgan fingerprint density at radius 2 is 1.78 bits per heavy atom. The highest BCUT2D eigenvalue weighted by atomic mass is 32.1. The average Bonchev–Trinajstić information content (AvgIpc) is 3.05. The number of aryl methyl sites for hydroxylation is 2.